The average molecular weight is 263 g/mol. The molecule has 0 saturated carbocycles. The minimum absolute atomic E-state index is 0.119. The summed E-state index contributed by atoms with van der Waals surface area (Å²) in [6.45, 7) is 1.50. The number of halogens is 1. The Bertz CT molecular complexity index is 567. The fourth-order valence-electron chi connectivity index (χ4n) is 2.36. The lowest BCUT2D eigenvalue weighted by Crippen LogP contribution is -2.30. The maximum Gasteiger partial charge on any atom is 0.146 e. The first kappa shape index (κ1) is 11.7. The third kappa shape index (κ3) is 2.02. The van der Waals surface area contributed by atoms with Crippen molar-refractivity contribution in [1.29, 1.82) is 0 Å². The van der Waals surface area contributed by atoms with Crippen LogP contribution < -0.4 is 4.90 Å². The van der Waals surface area contributed by atoms with Gasteiger partial charge >= 0.3 is 0 Å². The van der Waals surface area contributed by atoms with Crippen LogP contribution in [0.4, 0.5) is 10.1 Å². The summed E-state index contributed by atoms with van der Waals surface area (Å²) < 4.78 is 14.0. The number of rotatable bonds is 2. The Morgan fingerprint density at radius 2 is 2.22 bits per heavy atom. The Morgan fingerprint density at radius 1 is 1.33 bits per heavy atom. The van der Waals surface area contributed by atoms with Crippen molar-refractivity contribution in [3.05, 3.63) is 51.5 Å². The van der Waals surface area contributed by atoms with Crippen molar-refractivity contribution in [3.8, 4) is 0 Å². The van der Waals surface area contributed by atoms with Gasteiger partial charge in [0.05, 0.1) is 12.3 Å². The molecule has 0 atom stereocenters. The summed E-state index contributed by atoms with van der Waals surface area (Å²) in [5.74, 6) is -0.250. The lowest BCUT2D eigenvalue weighted by atomic mass is 10.1. The molecular weight excluding hydrogens is 249 g/mol. The molecule has 0 spiro atoms. The van der Waals surface area contributed by atoms with E-state index in [2.05, 4.69) is 16.3 Å². The Hall–Kier alpha value is -1.39. The van der Waals surface area contributed by atoms with Crippen LogP contribution in [0.1, 0.15) is 16.0 Å². The number of aliphatic hydroxyl groups is 1. The molecule has 4 heteroatoms. The van der Waals surface area contributed by atoms with Crippen LogP contribution in [0, 0.1) is 5.82 Å². The molecule has 0 saturated heterocycles. The zero-order valence-corrected chi connectivity index (χ0v) is 10.7. The molecule has 1 aromatic carbocycles. The van der Waals surface area contributed by atoms with Gasteiger partial charge in [-0.3, -0.25) is 0 Å². The molecule has 2 nitrogen and oxygen atoms in total. The van der Waals surface area contributed by atoms with Gasteiger partial charge in [0.25, 0.3) is 0 Å². The summed E-state index contributed by atoms with van der Waals surface area (Å²) in [5.41, 5.74) is 2.55. The fraction of sp³-hybridized carbons (Fsp3) is 0.286. The number of hydrogen-bond donors (Lipinski definition) is 1. The molecule has 1 aromatic heterocycles. The van der Waals surface area contributed by atoms with E-state index < -0.39 is 0 Å². The number of anilines is 1. The quantitative estimate of drug-likeness (QED) is 0.900. The van der Waals surface area contributed by atoms with E-state index in [1.165, 1.54) is 16.5 Å². The first-order valence-electron chi connectivity index (χ1n) is 5.97. The van der Waals surface area contributed by atoms with Gasteiger partial charge in [0.2, 0.25) is 0 Å². The monoisotopic (exact) mass is 263 g/mol. The van der Waals surface area contributed by atoms with Gasteiger partial charge in [-0.2, -0.15) is 0 Å². The van der Waals surface area contributed by atoms with E-state index in [0.717, 1.165) is 19.5 Å². The molecule has 3 rings (SSSR count). The number of aliphatic hydroxyl groups excluding tert-OH is 1. The Labute approximate surface area is 109 Å². The van der Waals surface area contributed by atoms with E-state index in [1.54, 1.807) is 23.5 Å². The minimum Gasteiger partial charge on any atom is -0.392 e. The van der Waals surface area contributed by atoms with Gasteiger partial charge in [-0.1, -0.05) is 6.07 Å². The molecule has 1 aliphatic heterocycles. The van der Waals surface area contributed by atoms with Crippen molar-refractivity contribution in [1.82, 2.24) is 0 Å². The lowest BCUT2D eigenvalue weighted by molar-refractivity contribution is 0.281. The standard InChI is InChI=1S/C14H14FNOS/c15-12-7-10(9-17)1-2-13(12)16-5-3-14-11(8-16)4-6-18-14/h1-2,4,6-7,17H,3,5,8-9H2. The smallest absolute Gasteiger partial charge is 0.146 e. The van der Waals surface area contributed by atoms with Gasteiger partial charge in [-0.15, -0.1) is 11.3 Å². The van der Waals surface area contributed by atoms with Crippen LogP contribution in [0.2, 0.25) is 0 Å². The predicted molar refractivity (Wildman–Crippen MR) is 71.4 cm³/mol. The highest BCUT2D eigenvalue weighted by Crippen LogP contribution is 2.29. The largest absolute Gasteiger partial charge is 0.392 e. The van der Waals surface area contributed by atoms with Crippen molar-refractivity contribution < 1.29 is 9.50 Å². The van der Waals surface area contributed by atoms with Crippen molar-refractivity contribution in [2.75, 3.05) is 11.4 Å². The van der Waals surface area contributed by atoms with E-state index in [9.17, 15) is 4.39 Å². The Kier molecular flexibility index (Phi) is 3.06. The molecule has 0 fully saturated rings. The van der Waals surface area contributed by atoms with E-state index in [4.69, 9.17) is 5.11 Å². The minimum atomic E-state index is -0.250. The van der Waals surface area contributed by atoms with Crippen molar-refractivity contribution in [2.45, 2.75) is 19.6 Å². The third-order valence-corrected chi connectivity index (χ3v) is 4.37. The zero-order chi connectivity index (χ0) is 12.5. The van der Waals surface area contributed by atoms with Gasteiger partial charge < -0.3 is 10.0 Å². The number of benzene rings is 1. The second-order valence-corrected chi connectivity index (χ2v) is 5.49. The van der Waals surface area contributed by atoms with E-state index in [0.29, 0.717) is 11.3 Å². The van der Waals surface area contributed by atoms with Crippen LogP contribution in [0.25, 0.3) is 0 Å². The van der Waals surface area contributed by atoms with Gasteiger partial charge in [0.1, 0.15) is 5.82 Å². The molecule has 0 aliphatic carbocycles. The van der Waals surface area contributed by atoms with E-state index in [-0.39, 0.29) is 12.4 Å². The van der Waals surface area contributed by atoms with Crippen LogP contribution in [-0.2, 0) is 19.6 Å². The van der Waals surface area contributed by atoms with Crippen LogP contribution >= 0.6 is 11.3 Å². The van der Waals surface area contributed by atoms with Crippen LogP contribution in [0.15, 0.2) is 29.6 Å². The number of hydrogen-bond acceptors (Lipinski definition) is 3. The third-order valence-electron chi connectivity index (χ3n) is 3.34. The molecule has 1 N–H and O–H groups in total. The number of fused-ring (bicyclic) bond motifs is 1. The molecule has 0 bridgehead atoms. The highest BCUT2D eigenvalue weighted by molar-refractivity contribution is 7.10. The maximum absolute atomic E-state index is 14.0. The molecule has 2 aromatic rings. The highest BCUT2D eigenvalue weighted by Gasteiger charge is 2.19. The van der Waals surface area contributed by atoms with E-state index in [1.807, 2.05) is 0 Å². The summed E-state index contributed by atoms with van der Waals surface area (Å²) in [4.78, 5) is 3.48. The van der Waals surface area contributed by atoms with E-state index >= 15 is 0 Å². The van der Waals surface area contributed by atoms with Crippen molar-refractivity contribution >= 4 is 17.0 Å². The predicted octanol–water partition coefficient (Wildman–Crippen LogP) is 2.94. The molecule has 0 unspecified atom stereocenters. The number of thiophene rings is 1. The van der Waals surface area contributed by atoms with Crippen LogP contribution in [0.5, 0.6) is 0 Å². The first-order chi connectivity index (χ1) is 8.78. The van der Waals surface area contributed by atoms with Gasteiger partial charge in [0.15, 0.2) is 0 Å². The van der Waals surface area contributed by atoms with Crippen LogP contribution in [0.3, 0.4) is 0 Å². The highest BCUT2D eigenvalue weighted by atomic mass is 32.1. The maximum atomic E-state index is 14.0. The summed E-state index contributed by atoms with van der Waals surface area (Å²) >= 11 is 1.78. The molecular formula is C14H14FNOS. The number of nitrogens with zero attached hydrogens (tertiary/aromatic N) is 1. The van der Waals surface area contributed by atoms with Crippen LogP contribution in [-0.4, -0.2) is 11.7 Å². The first-order valence-corrected chi connectivity index (χ1v) is 6.85. The molecule has 0 amide bonds. The summed E-state index contributed by atoms with van der Waals surface area (Å²) in [5, 5.41) is 11.1. The van der Waals surface area contributed by atoms with Gasteiger partial charge in [-0.25, -0.2) is 4.39 Å². The summed E-state index contributed by atoms with van der Waals surface area (Å²) in [7, 11) is 0. The van der Waals surface area contributed by atoms with Crippen molar-refractivity contribution in [3.63, 3.8) is 0 Å². The topological polar surface area (TPSA) is 23.5 Å². The summed E-state index contributed by atoms with van der Waals surface area (Å²) in [6, 6.07) is 7.07. The fourth-order valence-corrected chi connectivity index (χ4v) is 3.25. The molecule has 2 heterocycles. The van der Waals surface area contributed by atoms with Gasteiger partial charge in [0, 0.05) is 18.0 Å². The Morgan fingerprint density at radius 3 is 3.00 bits per heavy atom. The zero-order valence-electron chi connectivity index (χ0n) is 9.90. The molecule has 1 aliphatic rings. The Balaban J connectivity index is 1.88. The lowest BCUT2D eigenvalue weighted by Gasteiger charge is -2.29. The molecule has 18 heavy (non-hydrogen) atoms. The second kappa shape index (κ2) is 4.71. The average Bonchev–Trinajstić information content (AvgIpc) is 2.85. The normalized spacial score (nSPS) is 14.7. The second-order valence-electron chi connectivity index (χ2n) is 4.48. The van der Waals surface area contributed by atoms with Gasteiger partial charge in [-0.05, 0) is 41.1 Å². The SMILES string of the molecule is OCc1ccc(N2CCc3sccc3C2)c(F)c1. The molecule has 0 radical (unpaired) electrons. The van der Waals surface area contributed by atoms with Crippen molar-refractivity contribution in [2.24, 2.45) is 0 Å². The molecule has 94 valence electrons. The summed E-state index contributed by atoms with van der Waals surface area (Å²) in [6.07, 6.45) is 0.980.